The fraction of sp³-hybridized carbons (Fsp3) is 0. The van der Waals surface area contributed by atoms with Crippen LogP contribution in [0, 0.1) is 0 Å². The summed E-state index contributed by atoms with van der Waals surface area (Å²) in [6.07, 6.45) is 1.90. The van der Waals surface area contributed by atoms with Gasteiger partial charge in [0.05, 0.1) is 33.3 Å². The van der Waals surface area contributed by atoms with Crippen molar-refractivity contribution in [2.24, 2.45) is 0 Å². The van der Waals surface area contributed by atoms with Crippen molar-refractivity contribution < 1.29 is 0 Å². The van der Waals surface area contributed by atoms with Crippen molar-refractivity contribution >= 4 is 65.3 Å². The Bertz CT molecular complexity index is 2430. The van der Waals surface area contributed by atoms with E-state index < -0.39 is 0 Å². The Morgan fingerprint density at radius 1 is 0.425 bits per heavy atom. The molecular weight excluding hydrogens is 486 g/mol. The smallest absolute Gasteiger partial charge is 0.0801 e. The first-order valence-corrected chi connectivity index (χ1v) is 13.7. The number of para-hydroxylation sites is 3. The minimum Gasteiger partial charge on any atom is -0.309 e. The first-order chi connectivity index (χ1) is 19.9. The quantitative estimate of drug-likeness (QED) is 0.213. The maximum Gasteiger partial charge on any atom is 0.0801 e. The molecule has 9 aromatic rings. The van der Waals surface area contributed by atoms with Crippen molar-refractivity contribution in [1.29, 1.82) is 0 Å². The van der Waals surface area contributed by atoms with Crippen LogP contribution in [0.1, 0.15) is 0 Å². The van der Waals surface area contributed by atoms with Crippen LogP contribution in [0.3, 0.4) is 0 Å². The van der Waals surface area contributed by atoms with E-state index in [2.05, 4.69) is 137 Å². The van der Waals surface area contributed by atoms with Crippen LogP contribution in [-0.4, -0.2) is 14.1 Å². The highest BCUT2D eigenvalue weighted by Gasteiger charge is 2.21. The Balaban J connectivity index is 1.56. The number of pyridine rings is 1. The first-order valence-electron chi connectivity index (χ1n) is 13.7. The van der Waals surface area contributed by atoms with Gasteiger partial charge in [-0.05, 0) is 47.9 Å². The molecule has 3 heteroatoms. The average Bonchev–Trinajstić information content (AvgIpc) is 3.54. The van der Waals surface area contributed by atoms with Gasteiger partial charge in [0.25, 0.3) is 0 Å². The van der Waals surface area contributed by atoms with Gasteiger partial charge in [0.2, 0.25) is 0 Å². The topological polar surface area (TPSA) is 22.8 Å². The average molecular weight is 510 g/mol. The molecule has 3 aromatic heterocycles. The minimum absolute atomic E-state index is 1.03. The third-order valence-corrected chi connectivity index (χ3v) is 8.32. The second-order valence-corrected chi connectivity index (χ2v) is 10.4. The molecule has 0 saturated carbocycles. The highest BCUT2D eigenvalue weighted by Crippen LogP contribution is 2.43. The third-order valence-electron chi connectivity index (χ3n) is 8.32. The molecule has 0 atom stereocenters. The lowest BCUT2D eigenvalue weighted by molar-refractivity contribution is 1.18. The molecule has 40 heavy (non-hydrogen) atoms. The molecule has 0 aliphatic rings. The number of hydrogen-bond donors (Lipinski definition) is 0. The molecule has 0 saturated heterocycles. The van der Waals surface area contributed by atoms with Crippen molar-refractivity contribution in [2.75, 3.05) is 0 Å². The van der Waals surface area contributed by atoms with Crippen LogP contribution in [0.2, 0.25) is 0 Å². The zero-order valence-electron chi connectivity index (χ0n) is 21.6. The van der Waals surface area contributed by atoms with Gasteiger partial charge in [-0.25, -0.2) is 0 Å². The first kappa shape index (κ1) is 21.5. The van der Waals surface area contributed by atoms with E-state index in [1.165, 1.54) is 54.4 Å². The second kappa shape index (κ2) is 8.05. The molecule has 186 valence electrons. The van der Waals surface area contributed by atoms with Crippen LogP contribution in [-0.2, 0) is 0 Å². The molecular formula is C37H23N3. The molecule has 0 amide bonds. The van der Waals surface area contributed by atoms with E-state index in [1.54, 1.807) is 0 Å². The van der Waals surface area contributed by atoms with E-state index in [0.29, 0.717) is 0 Å². The molecule has 6 aromatic carbocycles. The summed E-state index contributed by atoms with van der Waals surface area (Å²) in [4.78, 5) is 4.88. The Morgan fingerprint density at radius 2 is 1.15 bits per heavy atom. The molecule has 0 N–H and O–H groups in total. The molecule has 0 aliphatic heterocycles. The molecule has 0 radical (unpaired) electrons. The largest absolute Gasteiger partial charge is 0.309 e. The van der Waals surface area contributed by atoms with Gasteiger partial charge in [0, 0.05) is 44.2 Å². The van der Waals surface area contributed by atoms with Gasteiger partial charge in [-0.15, -0.1) is 0 Å². The fourth-order valence-electron chi connectivity index (χ4n) is 6.70. The molecule has 0 spiro atoms. The van der Waals surface area contributed by atoms with Gasteiger partial charge in [-0.1, -0.05) is 91.0 Å². The van der Waals surface area contributed by atoms with Crippen molar-refractivity contribution in [3.63, 3.8) is 0 Å². The monoisotopic (exact) mass is 509 g/mol. The summed E-state index contributed by atoms with van der Waals surface area (Å²) < 4.78 is 4.87. The molecule has 9 rings (SSSR count). The molecule has 0 bridgehead atoms. The Kier molecular flexibility index (Phi) is 4.33. The lowest BCUT2D eigenvalue weighted by Gasteiger charge is -2.14. The van der Waals surface area contributed by atoms with Crippen LogP contribution in [0.5, 0.6) is 0 Å². The van der Waals surface area contributed by atoms with E-state index in [-0.39, 0.29) is 0 Å². The van der Waals surface area contributed by atoms with Gasteiger partial charge < -0.3 is 9.13 Å². The molecule has 0 fully saturated rings. The number of benzene rings is 6. The normalized spacial score (nSPS) is 12.0. The summed E-state index contributed by atoms with van der Waals surface area (Å²) in [6.45, 7) is 0. The van der Waals surface area contributed by atoms with Crippen molar-refractivity contribution in [2.45, 2.75) is 0 Å². The Labute approximate surface area is 230 Å². The SMILES string of the molecule is c1ccc(-n2c3ccccc3c3c2ccc2c4ccccc4n(-c4cccc5ccc6cccnc6c45)c23)cc1. The lowest BCUT2D eigenvalue weighted by Crippen LogP contribution is -1.97. The van der Waals surface area contributed by atoms with Gasteiger partial charge in [0.15, 0.2) is 0 Å². The van der Waals surface area contributed by atoms with E-state index >= 15 is 0 Å². The van der Waals surface area contributed by atoms with Crippen molar-refractivity contribution in [3.05, 3.63) is 140 Å². The number of fused-ring (bicyclic) bond motifs is 10. The van der Waals surface area contributed by atoms with Gasteiger partial charge in [0.1, 0.15) is 0 Å². The zero-order valence-corrected chi connectivity index (χ0v) is 21.6. The Morgan fingerprint density at radius 3 is 2.02 bits per heavy atom. The van der Waals surface area contributed by atoms with E-state index in [4.69, 9.17) is 4.98 Å². The maximum atomic E-state index is 4.88. The summed E-state index contributed by atoms with van der Waals surface area (Å²) in [5.74, 6) is 0. The summed E-state index contributed by atoms with van der Waals surface area (Å²) in [7, 11) is 0. The standard InChI is InChI=1S/C37H23N3/c1-2-12-26(13-3-1)39-31-17-7-5-15-29(31)35-33(39)22-21-28-27-14-4-6-16-30(27)40(37(28)35)32-18-8-10-24-19-20-25-11-9-23-38-36(25)34(24)32/h1-23H. The van der Waals surface area contributed by atoms with Crippen molar-refractivity contribution in [1.82, 2.24) is 14.1 Å². The van der Waals surface area contributed by atoms with Crippen LogP contribution >= 0.6 is 0 Å². The van der Waals surface area contributed by atoms with E-state index in [9.17, 15) is 0 Å². The maximum absolute atomic E-state index is 4.88. The Hall–Kier alpha value is -5.41. The molecule has 0 aliphatic carbocycles. The zero-order chi connectivity index (χ0) is 26.2. The molecule has 3 nitrogen and oxygen atoms in total. The number of rotatable bonds is 2. The third kappa shape index (κ3) is 2.81. The fourth-order valence-corrected chi connectivity index (χ4v) is 6.70. The van der Waals surface area contributed by atoms with Gasteiger partial charge >= 0.3 is 0 Å². The molecule has 0 unspecified atom stereocenters. The van der Waals surface area contributed by atoms with Crippen molar-refractivity contribution in [3.8, 4) is 11.4 Å². The predicted octanol–water partition coefficient (Wildman–Crippen LogP) is 9.58. The van der Waals surface area contributed by atoms with Gasteiger partial charge in [-0.2, -0.15) is 0 Å². The number of nitrogens with zero attached hydrogens (tertiary/aromatic N) is 3. The van der Waals surface area contributed by atoms with Gasteiger partial charge in [-0.3, -0.25) is 4.98 Å². The number of aromatic nitrogens is 3. The van der Waals surface area contributed by atoms with Crippen LogP contribution in [0.25, 0.3) is 76.7 Å². The lowest BCUT2D eigenvalue weighted by atomic mass is 10.0. The summed E-state index contributed by atoms with van der Waals surface area (Å²) in [5, 5.41) is 8.53. The van der Waals surface area contributed by atoms with E-state index in [0.717, 1.165) is 22.3 Å². The molecule has 3 heterocycles. The summed E-state index contributed by atoms with van der Waals surface area (Å²) in [5.41, 5.74) is 8.17. The van der Waals surface area contributed by atoms with E-state index in [1.807, 2.05) is 12.3 Å². The highest BCUT2D eigenvalue weighted by molar-refractivity contribution is 6.27. The summed E-state index contributed by atoms with van der Waals surface area (Å²) >= 11 is 0. The van der Waals surface area contributed by atoms with Crippen LogP contribution in [0.4, 0.5) is 0 Å². The van der Waals surface area contributed by atoms with Crippen LogP contribution in [0.15, 0.2) is 140 Å². The highest BCUT2D eigenvalue weighted by atomic mass is 15.0. The predicted molar refractivity (Wildman–Crippen MR) is 168 cm³/mol. The number of hydrogen-bond acceptors (Lipinski definition) is 1. The summed E-state index contributed by atoms with van der Waals surface area (Å²) in [6, 6.07) is 48.0. The van der Waals surface area contributed by atoms with Crippen LogP contribution < -0.4 is 0 Å². The second-order valence-electron chi connectivity index (χ2n) is 10.4. The minimum atomic E-state index is 1.03.